The summed E-state index contributed by atoms with van der Waals surface area (Å²) in [5.41, 5.74) is 0.821. The fraction of sp³-hybridized carbons (Fsp3) is 0.231. The minimum Gasteiger partial charge on any atom is -0.505 e. The van der Waals surface area contributed by atoms with Crippen molar-refractivity contribution in [3.8, 4) is 23.0 Å². The summed E-state index contributed by atoms with van der Waals surface area (Å²) < 4.78 is 6.05. The molecular weight excluding hydrogens is 462 g/mol. The Balaban J connectivity index is 1.50. The van der Waals surface area contributed by atoms with Crippen LogP contribution in [0.15, 0.2) is 48.8 Å². The number of phenols is 2. The van der Waals surface area contributed by atoms with Crippen molar-refractivity contribution < 1.29 is 24.5 Å². The molecule has 0 spiro atoms. The molecule has 1 saturated heterocycles. The zero-order chi connectivity index (χ0) is 25.0. The summed E-state index contributed by atoms with van der Waals surface area (Å²) in [6, 6.07) is 7.23. The van der Waals surface area contributed by atoms with E-state index in [9.17, 15) is 19.8 Å². The Kier molecular flexibility index (Phi) is 5.11. The van der Waals surface area contributed by atoms with Gasteiger partial charge in [-0.05, 0) is 25.3 Å². The lowest BCUT2D eigenvalue weighted by Crippen LogP contribution is -2.45. The fourth-order valence-electron chi connectivity index (χ4n) is 4.77. The molecule has 1 aliphatic carbocycles. The number of phenolic OH excluding ortho intramolecular Hbond substituents is 2. The molecule has 3 aliphatic rings. The Labute approximate surface area is 206 Å². The molecule has 1 fully saturated rings. The van der Waals surface area contributed by atoms with Gasteiger partial charge in [-0.25, -0.2) is 9.97 Å². The van der Waals surface area contributed by atoms with Gasteiger partial charge in [0.25, 0.3) is 0 Å². The fourth-order valence-corrected chi connectivity index (χ4v) is 4.77. The van der Waals surface area contributed by atoms with Crippen LogP contribution in [0.5, 0.6) is 23.0 Å². The number of para-hydroxylation sites is 1. The zero-order valence-electron chi connectivity index (χ0n) is 19.5. The number of allylic oxidation sites excluding steroid dienone is 2. The van der Waals surface area contributed by atoms with Crippen molar-refractivity contribution in [3.05, 3.63) is 65.5 Å². The summed E-state index contributed by atoms with van der Waals surface area (Å²) in [5.74, 6) is -1.18. The quantitative estimate of drug-likeness (QED) is 0.524. The standard InChI is InChI=1S/C26H23N5O5/c1-29-8-10-30(11-9-29)26-27-12-16(13-28-26)31-14-15-4-2-3-5-19(15)36-25-22(31)23(34)20-17(32)6-7-18(33)21(20)24(25)35/h2-7,12-13,34-35H,8-11,14H2,1H3. The Hall–Kier alpha value is -4.44. The normalized spacial score (nSPS) is 17.2. The van der Waals surface area contributed by atoms with Crippen LogP contribution in [-0.4, -0.2) is 69.9 Å². The third-order valence-electron chi connectivity index (χ3n) is 6.76. The molecule has 0 radical (unpaired) electrons. The molecule has 3 aromatic rings. The molecule has 0 unspecified atom stereocenters. The Morgan fingerprint density at radius 1 is 0.889 bits per heavy atom. The number of likely N-dealkylation sites (N-methyl/N-ethyl adjacent to an activating group) is 1. The summed E-state index contributed by atoms with van der Waals surface area (Å²) in [7, 11) is 2.08. The average molecular weight is 486 g/mol. The molecule has 10 heteroatoms. The number of rotatable bonds is 2. The number of hydrogen-bond donors (Lipinski definition) is 2. The number of anilines is 3. The van der Waals surface area contributed by atoms with E-state index in [1.165, 1.54) is 0 Å². The molecule has 1 aromatic heterocycles. The number of benzene rings is 2. The van der Waals surface area contributed by atoms with Crippen LogP contribution >= 0.6 is 0 Å². The SMILES string of the molecule is CN1CCN(c2ncc(N3Cc4ccccc4Oc4c(O)c5c(c(O)c43)C(=O)C=CC5=O)cn2)CC1. The summed E-state index contributed by atoms with van der Waals surface area (Å²) in [5, 5.41) is 22.5. The highest BCUT2D eigenvalue weighted by Crippen LogP contribution is 2.55. The molecule has 2 aliphatic heterocycles. The van der Waals surface area contributed by atoms with Crippen LogP contribution in [-0.2, 0) is 6.54 Å². The molecule has 0 bridgehead atoms. The maximum absolute atomic E-state index is 12.7. The molecule has 0 amide bonds. The van der Waals surface area contributed by atoms with Crippen LogP contribution in [0.3, 0.4) is 0 Å². The highest BCUT2D eigenvalue weighted by atomic mass is 16.5. The number of hydrogen-bond acceptors (Lipinski definition) is 10. The van der Waals surface area contributed by atoms with Crippen molar-refractivity contribution in [1.29, 1.82) is 0 Å². The highest BCUT2D eigenvalue weighted by Gasteiger charge is 2.37. The van der Waals surface area contributed by atoms with Crippen LogP contribution in [0.1, 0.15) is 26.3 Å². The predicted octanol–water partition coefficient (Wildman–Crippen LogP) is 3.02. The van der Waals surface area contributed by atoms with Crippen LogP contribution in [0.2, 0.25) is 0 Å². The Bertz CT molecular complexity index is 1430. The van der Waals surface area contributed by atoms with Gasteiger partial charge >= 0.3 is 0 Å². The van der Waals surface area contributed by atoms with Gasteiger partial charge in [0.05, 0.1) is 35.8 Å². The first kappa shape index (κ1) is 22.1. The Morgan fingerprint density at radius 2 is 1.53 bits per heavy atom. The van der Waals surface area contributed by atoms with Gasteiger partial charge in [-0.1, -0.05) is 18.2 Å². The van der Waals surface area contributed by atoms with Crippen molar-refractivity contribution >= 4 is 28.9 Å². The third-order valence-corrected chi connectivity index (χ3v) is 6.76. The molecular formula is C26H23N5O5. The van der Waals surface area contributed by atoms with Crippen molar-refractivity contribution in [2.24, 2.45) is 0 Å². The van der Waals surface area contributed by atoms with Gasteiger partial charge in [0.2, 0.25) is 5.95 Å². The predicted molar refractivity (Wildman–Crippen MR) is 132 cm³/mol. The molecule has 10 nitrogen and oxygen atoms in total. The van der Waals surface area contributed by atoms with E-state index in [4.69, 9.17) is 4.74 Å². The summed E-state index contributed by atoms with van der Waals surface area (Å²) in [6.45, 7) is 3.70. The molecule has 182 valence electrons. The summed E-state index contributed by atoms with van der Waals surface area (Å²) in [4.78, 5) is 40.4. The lowest BCUT2D eigenvalue weighted by Gasteiger charge is -2.32. The number of ketones is 2. The molecule has 6 rings (SSSR count). The summed E-state index contributed by atoms with van der Waals surface area (Å²) in [6.07, 6.45) is 5.44. The second kappa shape index (κ2) is 8.35. The minimum absolute atomic E-state index is 0.0647. The van der Waals surface area contributed by atoms with Crippen molar-refractivity contribution in [3.63, 3.8) is 0 Å². The minimum atomic E-state index is -0.590. The topological polar surface area (TPSA) is 119 Å². The largest absolute Gasteiger partial charge is 0.505 e. The van der Waals surface area contributed by atoms with Crippen LogP contribution in [0, 0.1) is 0 Å². The number of carbonyl (C=O) groups excluding carboxylic acids is 2. The van der Waals surface area contributed by atoms with Gasteiger partial charge in [-0.2, -0.15) is 0 Å². The first-order chi connectivity index (χ1) is 17.4. The first-order valence-electron chi connectivity index (χ1n) is 11.6. The van der Waals surface area contributed by atoms with Crippen LogP contribution in [0.4, 0.5) is 17.3 Å². The molecule has 36 heavy (non-hydrogen) atoms. The zero-order valence-corrected chi connectivity index (χ0v) is 19.5. The number of nitrogens with zero attached hydrogens (tertiary/aromatic N) is 5. The van der Waals surface area contributed by atoms with Crippen molar-refractivity contribution in [2.75, 3.05) is 43.0 Å². The van der Waals surface area contributed by atoms with E-state index in [0.29, 0.717) is 17.4 Å². The van der Waals surface area contributed by atoms with E-state index in [1.807, 2.05) is 12.1 Å². The van der Waals surface area contributed by atoms with E-state index < -0.39 is 23.1 Å². The molecule has 0 atom stereocenters. The molecule has 2 aromatic carbocycles. The number of aromatic hydroxyl groups is 2. The second-order valence-electron chi connectivity index (χ2n) is 9.01. The lowest BCUT2D eigenvalue weighted by molar-refractivity contribution is 0.0989. The highest BCUT2D eigenvalue weighted by molar-refractivity contribution is 6.25. The van der Waals surface area contributed by atoms with E-state index in [0.717, 1.165) is 43.9 Å². The van der Waals surface area contributed by atoms with Gasteiger partial charge in [0, 0.05) is 31.7 Å². The number of ether oxygens (including phenoxy) is 1. The molecule has 2 N–H and O–H groups in total. The third kappa shape index (κ3) is 3.45. The van der Waals surface area contributed by atoms with E-state index >= 15 is 0 Å². The Morgan fingerprint density at radius 3 is 2.22 bits per heavy atom. The average Bonchev–Trinajstić information content (AvgIpc) is 3.07. The maximum Gasteiger partial charge on any atom is 0.225 e. The van der Waals surface area contributed by atoms with E-state index in [-0.39, 0.29) is 29.1 Å². The summed E-state index contributed by atoms with van der Waals surface area (Å²) >= 11 is 0. The van der Waals surface area contributed by atoms with Gasteiger partial charge in [0.1, 0.15) is 11.4 Å². The monoisotopic (exact) mass is 485 g/mol. The van der Waals surface area contributed by atoms with E-state index in [1.54, 1.807) is 29.4 Å². The van der Waals surface area contributed by atoms with Crippen molar-refractivity contribution in [2.45, 2.75) is 6.54 Å². The van der Waals surface area contributed by atoms with Crippen molar-refractivity contribution in [1.82, 2.24) is 14.9 Å². The first-order valence-corrected chi connectivity index (χ1v) is 11.6. The van der Waals surface area contributed by atoms with Gasteiger partial charge < -0.3 is 29.6 Å². The second-order valence-corrected chi connectivity index (χ2v) is 9.01. The van der Waals surface area contributed by atoms with E-state index in [2.05, 4.69) is 26.8 Å². The number of carbonyl (C=O) groups is 2. The van der Waals surface area contributed by atoms with Gasteiger partial charge in [0.15, 0.2) is 28.8 Å². The molecule has 0 saturated carbocycles. The number of aromatic nitrogens is 2. The van der Waals surface area contributed by atoms with Crippen LogP contribution in [0.25, 0.3) is 0 Å². The molecule has 3 heterocycles. The number of piperazine rings is 1. The number of fused-ring (bicyclic) bond motifs is 3. The lowest BCUT2D eigenvalue weighted by atomic mass is 9.91. The van der Waals surface area contributed by atoms with Crippen LogP contribution < -0.4 is 14.5 Å². The maximum atomic E-state index is 12.7. The van der Waals surface area contributed by atoms with Gasteiger partial charge in [-0.3, -0.25) is 9.59 Å². The van der Waals surface area contributed by atoms with Gasteiger partial charge in [-0.15, -0.1) is 0 Å². The smallest absolute Gasteiger partial charge is 0.225 e.